The first kappa shape index (κ1) is 17.5. The second-order valence-corrected chi connectivity index (χ2v) is 4.54. The maximum atomic E-state index is 5.73. The smallest absolute Gasteiger partial charge is 0.119 e. The summed E-state index contributed by atoms with van der Waals surface area (Å²) in [5.41, 5.74) is 2.78. The van der Waals surface area contributed by atoms with E-state index in [4.69, 9.17) is 4.74 Å². The van der Waals surface area contributed by atoms with Crippen LogP contribution < -0.4 is 10.1 Å². The molecule has 0 radical (unpaired) electrons. The maximum Gasteiger partial charge on any atom is 0.119 e. The summed E-state index contributed by atoms with van der Waals surface area (Å²) in [5.74, 6) is 1.00. The lowest BCUT2D eigenvalue weighted by Crippen LogP contribution is -2.15. The number of halogens is 2. The van der Waals surface area contributed by atoms with Crippen LogP contribution in [-0.2, 0) is 13.1 Å². The van der Waals surface area contributed by atoms with E-state index < -0.39 is 0 Å². The third-order valence-corrected chi connectivity index (χ3v) is 2.83. The van der Waals surface area contributed by atoms with Crippen LogP contribution in [0.5, 0.6) is 5.75 Å². The van der Waals surface area contributed by atoms with Gasteiger partial charge in [-0.1, -0.05) is 6.07 Å². The molecule has 18 heavy (non-hydrogen) atoms. The van der Waals surface area contributed by atoms with E-state index in [1.165, 1.54) is 11.1 Å². The molecule has 0 saturated heterocycles. The Morgan fingerprint density at radius 2 is 1.89 bits per heavy atom. The largest absolute Gasteiger partial charge is 0.494 e. The van der Waals surface area contributed by atoms with Gasteiger partial charge in [0.1, 0.15) is 5.75 Å². The Hall–Kier alpha value is -0.480. The van der Waals surface area contributed by atoms with E-state index in [0.717, 1.165) is 38.4 Å². The Morgan fingerprint density at radius 1 is 1.17 bits per heavy atom. The summed E-state index contributed by atoms with van der Waals surface area (Å²) in [4.78, 5) is 2.18. The zero-order valence-corrected chi connectivity index (χ0v) is 12.6. The number of hydrogen-bond donors (Lipinski definition) is 1. The summed E-state index contributed by atoms with van der Waals surface area (Å²) in [5, 5.41) is 3.33. The molecule has 0 spiro atoms. The van der Waals surface area contributed by atoms with Gasteiger partial charge in [0.05, 0.1) is 6.61 Å². The number of nitrogens with zero attached hydrogens (tertiary/aromatic N) is 1. The van der Waals surface area contributed by atoms with E-state index in [2.05, 4.69) is 42.5 Å². The van der Waals surface area contributed by atoms with Crippen LogP contribution in [0.1, 0.15) is 17.5 Å². The summed E-state index contributed by atoms with van der Waals surface area (Å²) in [6.07, 6.45) is 1.07. The van der Waals surface area contributed by atoms with Gasteiger partial charge in [-0.15, -0.1) is 24.8 Å². The predicted molar refractivity (Wildman–Crippen MR) is 80.1 cm³/mol. The fraction of sp³-hybridized carbons (Fsp3) is 0.538. The number of fused-ring (bicyclic) bond motifs is 1. The molecule has 0 fully saturated rings. The van der Waals surface area contributed by atoms with Gasteiger partial charge in [0.2, 0.25) is 0 Å². The normalized spacial score (nSPS) is 12.6. The molecule has 104 valence electrons. The van der Waals surface area contributed by atoms with E-state index in [1.807, 2.05) is 0 Å². The molecule has 0 aromatic heterocycles. The standard InChI is InChI=1S/C13H20N2O.2ClH/c1-15(2)6-3-7-16-13-5-4-11-9-14-10-12(11)8-13;;/h4-5,8,14H,3,6-7,9-10H2,1-2H3;2*1H. The Bertz CT molecular complexity index is 359. The minimum atomic E-state index is 0. The molecule has 2 rings (SSSR count). The number of hydrogen-bond acceptors (Lipinski definition) is 3. The van der Waals surface area contributed by atoms with Crippen LogP contribution in [-0.4, -0.2) is 32.1 Å². The summed E-state index contributed by atoms with van der Waals surface area (Å²) >= 11 is 0. The monoisotopic (exact) mass is 292 g/mol. The molecule has 1 aromatic carbocycles. The average Bonchev–Trinajstić information content (AvgIpc) is 2.71. The molecule has 1 aliphatic heterocycles. The minimum absolute atomic E-state index is 0. The van der Waals surface area contributed by atoms with Crippen molar-refractivity contribution in [3.8, 4) is 5.75 Å². The van der Waals surface area contributed by atoms with Crippen LogP contribution in [0.3, 0.4) is 0 Å². The van der Waals surface area contributed by atoms with Crippen LogP contribution in [0.4, 0.5) is 0 Å². The lowest BCUT2D eigenvalue weighted by atomic mass is 10.1. The molecule has 0 bridgehead atoms. The van der Waals surface area contributed by atoms with Crippen molar-refractivity contribution in [1.82, 2.24) is 10.2 Å². The molecule has 0 unspecified atom stereocenters. The van der Waals surface area contributed by atoms with Crippen LogP contribution >= 0.6 is 24.8 Å². The van der Waals surface area contributed by atoms with E-state index >= 15 is 0 Å². The highest BCUT2D eigenvalue weighted by atomic mass is 35.5. The lowest BCUT2D eigenvalue weighted by molar-refractivity contribution is 0.281. The number of benzene rings is 1. The lowest BCUT2D eigenvalue weighted by Gasteiger charge is -2.11. The van der Waals surface area contributed by atoms with Crippen molar-refractivity contribution in [3.63, 3.8) is 0 Å². The first-order valence-electron chi connectivity index (χ1n) is 5.86. The van der Waals surface area contributed by atoms with Gasteiger partial charge in [0, 0.05) is 19.6 Å². The van der Waals surface area contributed by atoms with Crippen LogP contribution in [0, 0.1) is 0 Å². The Labute approximate surface area is 122 Å². The molecule has 1 aromatic rings. The maximum absolute atomic E-state index is 5.73. The molecule has 0 aliphatic carbocycles. The van der Waals surface area contributed by atoms with Crippen molar-refractivity contribution in [1.29, 1.82) is 0 Å². The molecule has 0 amide bonds. The van der Waals surface area contributed by atoms with Crippen LogP contribution in [0.25, 0.3) is 0 Å². The van der Waals surface area contributed by atoms with Gasteiger partial charge >= 0.3 is 0 Å². The van der Waals surface area contributed by atoms with Gasteiger partial charge in [-0.2, -0.15) is 0 Å². The molecule has 5 heteroatoms. The summed E-state index contributed by atoms with van der Waals surface area (Å²) in [7, 11) is 4.17. The first-order valence-corrected chi connectivity index (χ1v) is 5.86. The van der Waals surface area contributed by atoms with Crippen molar-refractivity contribution in [2.24, 2.45) is 0 Å². The highest BCUT2D eigenvalue weighted by molar-refractivity contribution is 5.85. The van der Waals surface area contributed by atoms with Gasteiger partial charge in [0.15, 0.2) is 0 Å². The Morgan fingerprint density at radius 3 is 2.61 bits per heavy atom. The summed E-state index contributed by atoms with van der Waals surface area (Å²) in [6, 6.07) is 6.39. The van der Waals surface area contributed by atoms with Gasteiger partial charge in [-0.05, 0) is 43.8 Å². The topological polar surface area (TPSA) is 24.5 Å². The molecule has 3 nitrogen and oxygen atoms in total. The molecular weight excluding hydrogens is 271 g/mol. The van der Waals surface area contributed by atoms with Crippen LogP contribution in [0.15, 0.2) is 18.2 Å². The van der Waals surface area contributed by atoms with E-state index in [9.17, 15) is 0 Å². The molecule has 0 saturated carbocycles. The van der Waals surface area contributed by atoms with E-state index in [-0.39, 0.29) is 24.8 Å². The van der Waals surface area contributed by atoms with E-state index in [0.29, 0.717) is 0 Å². The van der Waals surface area contributed by atoms with Crippen molar-refractivity contribution < 1.29 is 4.74 Å². The quantitative estimate of drug-likeness (QED) is 0.844. The van der Waals surface area contributed by atoms with Crippen molar-refractivity contribution in [3.05, 3.63) is 29.3 Å². The van der Waals surface area contributed by atoms with Gasteiger partial charge in [0.25, 0.3) is 0 Å². The van der Waals surface area contributed by atoms with E-state index in [1.54, 1.807) is 0 Å². The first-order chi connectivity index (χ1) is 7.75. The Balaban J connectivity index is 0.00000144. The van der Waals surface area contributed by atoms with Crippen LogP contribution in [0.2, 0.25) is 0 Å². The Kier molecular flexibility index (Phi) is 8.36. The second kappa shape index (κ2) is 8.59. The fourth-order valence-corrected chi connectivity index (χ4v) is 1.93. The highest BCUT2D eigenvalue weighted by Crippen LogP contribution is 2.21. The zero-order valence-electron chi connectivity index (χ0n) is 10.9. The van der Waals surface area contributed by atoms with Gasteiger partial charge in [-0.3, -0.25) is 0 Å². The zero-order chi connectivity index (χ0) is 11.4. The second-order valence-electron chi connectivity index (χ2n) is 4.54. The number of nitrogens with one attached hydrogen (secondary N) is 1. The average molecular weight is 293 g/mol. The fourth-order valence-electron chi connectivity index (χ4n) is 1.93. The minimum Gasteiger partial charge on any atom is -0.494 e. The third kappa shape index (κ3) is 5.02. The molecule has 1 heterocycles. The molecular formula is C13H22Cl2N2O. The van der Waals surface area contributed by atoms with Gasteiger partial charge < -0.3 is 15.0 Å². The van der Waals surface area contributed by atoms with Crippen molar-refractivity contribution in [2.45, 2.75) is 19.5 Å². The number of rotatable bonds is 5. The molecule has 1 aliphatic rings. The molecule has 0 atom stereocenters. The van der Waals surface area contributed by atoms with Crippen molar-refractivity contribution in [2.75, 3.05) is 27.2 Å². The van der Waals surface area contributed by atoms with Gasteiger partial charge in [-0.25, -0.2) is 0 Å². The number of ether oxygens (including phenoxy) is 1. The SMILES string of the molecule is CN(C)CCCOc1ccc2c(c1)CNC2.Cl.Cl. The van der Waals surface area contributed by atoms with Crippen molar-refractivity contribution >= 4 is 24.8 Å². The highest BCUT2D eigenvalue weighted by Gasteiger charge is 2.10. The molecule has 1 N–H and O–H groups in total. The predicted octanol–water partition coefficient (Wildman–Crippen LogP) is 2.46. The third-order valence-electron chi connectivity index (χ3n) is 2.83. The summed E-state index contributed by atoms with van der Waals surface area (Å²) < 4.78 is 5.73. The summed E-state index contributed by atoms with van der Waals surface area (Å²) in [6.45, 7) is 3.84.